The molecule has 0 fully saturated rings. The lowest BCUT2D eigenvalue weighted by atomic mass is 9.86. The van der Waals surface area contributed by atoms with Crippen LogP contribution in [-0.2, 0) is 22.6 Å². The largest absolute Gasteiger partial charge is 0.456 e. The molecule has 4 nitrogen and oxygen atoms in total. The summed E-state index contributed by atoms with van der Waals surface area (Å²) in [6.07, 6.45) is -0.00397. The molecule has 0 heterocycles. The van der Waals surface area contributed by atoms with Gasteiger partial charge in [0.15, 0.2) is 0 Å². The SMILES string of the molecule is CC[C@H](C)C[C@@H](C(=O)O[C@H](c1ccccc1)[C@H](C)N(Cc1ccccc1C)Cc1c(C)cc(C)cc1C)[C@H](O)c1ccccc1. The van der Waals surface area contributed by atoms with Gasteiger partial charge in [0.1, 0.15) is 6.10 Å². The topological polar surface area (TPSA) is 49.8 Å². The number of hydrogen-bond acceptors (Lipinski definition) is 4. The normalized spacial score (nSPS) is 14.9. The monoisotopic (exact) mass is 605 g/mol. The Labute approximate surface area is 271 Å². The molecule has 238 valence electrons. The third-order valence-electron chi connectivity index (χ3n) is 9.40. The fourth-order valence-corrected chi connectivity index (χ4v) is 6.34. The van der Waals surface area contributed by atoms with Crippen molar-refractivity contribution in [2.45, 2.75) is 92.6 Å². The lowest BCUT2D eigenvalue weighted by Gasteiger charge is -2.37. The zero-order valence-electron chi connectivity index (χ0n) is 28.2. The van der Waals surface area contributed by atoms with E-state index in [1.54, 1.807) is 0 Å². The Morgan fingerprint density at radius 1 is 0.756 bits per heavy atom. The molecule has 0 aliphatic heterocycles. The smallest absolute Gasteiger partial charge is 0.312 e. The van der Waals surface area contributed by atoms with Gasteiger partial charge in [-0.1, -0.05) is 123 Å². The van der Waals surface area contributed by atoms with Gasteiger partial charge in [0.05, 0.1) is 12.0 Å². The maximum Gasteiger partial charge on any atom is 0.312 e. The van der Waals surface area contributed by atoms with E-state index in [0.717, 1.165) is 24.1 Å². The van der Waals surface area contributed by atoms with E-state index in [-0.39, 0.29) is 17.9 Å². The molecular weight excluding hydrogens is 554 g/mol. The highest BCUT2D eigenvalue weighted by molar-refractivity contribution is 5.74. The Morgan fingerprint density at radius 2 is 1.31 bits per heavy atom. The standard InChI is InChI=1S/C41H51NO3/c1-8-28(2)25-37(39(43)34-18-11-9-12-19-34)41(44)45-40(35-20-13-10-14-21-35)33(7)42(26-36-22-16-15-17-30(36)4)27-38-31(5)23-29(3)24-32(38)6/h9-24,28,33,37,39-40,43H,8,25-27H2,1-7H3/t28-,33-,37+,39+,40-/m0/s1. The summed E-state index contributed by atoms with van der Waals surface area (Å²) in [4.78, 5) is 16.7. The van der Waals surface area contributed by atoms with E-state index in [1.165, 1.54) is 33.4 Å². The molecule has 4 rings (SSSR count). The lowest BCUT2D eigenvalue weighted by molar-refractivity contribution is -0.163. The van der Waals surface area contributed by atoms with Gasteiger partial charge in [-0.2, -0.15) is 0 Å². The van der Waals surface area contributed by atoms with E-state index < -0.39 is 18.1 Å². The molecule has 45 heavy (non-hydrogen) atoms. The molecule has 0 saturated carbocycles. The highest BCUT2D eigenvalue weighted by Crippen LogP contribution is 2.35. The van der Waals surface area contributed by atoms with Crippen LogP contribution in [0.25, 0.3) is 0 Å². The van der Waals surface area contributed by atoms with Crippen LogP contribution in [0, 0.1) is 39.5 Å². The maximum absolute atomic E-state index is 14.2. The van der Waals surface area contributed by atoms with Crippen molar-refractivity contribution in [2.75, 3.05) is 0 Å². The molecule has 0 aliphatic rings. The summed E-state index contributed by atoms with van der Waals surface area (Å²) < 4.78 is 6.57. The van der Waals surface area contributed by atoms with Crippen molar-refractivity contribution in [3.05, 3.63) is 142 Å². The minimum atomic E-state index is -0.944. The van der Waals surface area contributed by atoms with Gasteiger partial charge in [0, 0.05) is 19.1 Å². The van der Waals surface area contributed by atoms with Crippen molar-refractivity contribution in [1.82, 2.24) is 4.90 Å². The summed E-state index contributed by atoms with van der Waals surface area (Å²) in [5.41, 5.74) is 9.25. The number of hydrogen-bond donors (Lipinski definition) is 1. The minimum Gasteiger partial charge on any atom is -0.456 e. The van der Waals surface area contributed by atoms with Crippen LogP contribution in [0.5, 0.6) is 0 Å². The van der Waals surface area contributed by atoms with Gasteiger partial charge in [-0.25, -0.2) is 0 Å². The van der Waals surface area contributed by atoms with Crippen molar-refractivity contribution in [3.63, 3.8) is 0 Å². The van der Waals surface area contributed by atoms with E-state index in [1.807, 2.05) is 60.7 Å². The average molecular weight is 606 g/mol. The molecule has 0 aromatic heterocycles. The Kier molecular flexibility index (Phi) is 12.2. The van der Waals surface area contributed by atoms with Gasteiger partial charge in [-0.15, -0.1) is 0 Å². The van der Waals surface area contributed by atoms with Crippen molar-refractivity contribution >= 4 is 5.97 Å². The van der Waals surface area contributed by atoms with E-state index in [2.05, 4.69) is 89.8 Å². The van der Waals surface area contributed by atoms with Crippen LogP contribution in [0.3, 0.4) is 0 Å². The van der Waals surface area contributed by atoms with Crippen molar-refractivity contribution in [3.8, 4) is 0 Å². The Hall–Kier alpha value is -3.73. The van der Waals surface area contributed by atoms with E-state index >= 15 is 0 Å². The molecule has 5 atom stereocenters. The number of esters is 1. The molecule has 0 aliphatic carbocycles. The molecule has 4 aromatic rings. The molecule has 4 heteroatoms. The van der Waals surface area contributed by atoms with Crippen molar-refractivity contribution in [2.24, 2.45) is 11.8 Å². The number of nitrogens with zero attached hydrogens (tertiary/aromatic N) is 1. The second-order valence-corrected chi connectivity index (χ2v) is 12.9. The van der Waals surface area contributed by atoms with Crippen molar-refractivity contribution < 1.29 is 14.6 Å². The fourth-order valence-electron chi connectivity index (χ4n) is 6.34. The molecule has 0 amide bonds. The summed E-state index contributed by atoms with van der Waals surface area (Å²) in [7, 11) is 0. The predicted octanol–water partition coefficient (Wildman–Crippen LogP) is 9.38. The minimum absolute atomic E-state index is 0.158. The summed E-state index contributed by atoms with van der Waals surface area (Å²) >= 11 is 0. The Balaban J connectivity index is 1.73. The zero-order chi connectivity index (χ0) is 32.5. The zero-order valence-corrected chi connectivity index (χ0v) is 28.2. The number of aliphatic hydroxyl groups is 1. The summed E-state index contributed by atoms with van der Waals surface area (Å²) in [5.74, 6) is -0.767. The Morgan fingerprint density at radius 3 is 1.89 bits per heavy atom. The van der Waals surface area contributed by atoms with Crippen LogP contribution < -0.4 is 0 Å². The molecule has 0 bridgehead atoms. The number of aryl methyl sites for hydroxylation is 4. The molecule has 1 N–H and O–H groups in total. The first-order chi connectivity index (χ1) is 21.6. The number of ether oxygens (including phenoxy) is 1. The van der Waals surface area contributed by atoms with Gasteiger partial charge in [-0.05, 0) is 85.9 Å². The highest BCUT2D eigenvalue weighted by Gasteiger charge is 2.36. The van der Waals surface area contributed by atoms with Gasteiger partial charge in [-0.3, -0.25) is 9.69 Å². The second-order valence-electron chi connectivity index (χ2n) is 12.9. The van der Waals surface area contributed by atoms with Crippen LogP contribution in [0.1, 0.15) is 90.3 Å². The molecule has 0 spiro atoms. The number of benzene rings is 4. The number of carbonyl (C=O) groups excluding carboxylic acids is 1. The number of rotatable bonds is 14. The molecule has 0 radical (unpaired) electrons. The fraction of sp³-hybridized carbons (Fsp3) is 0.390. The quantitative estimate of drug-likeness (QED) is 0.146. The highest BCUT2D eigenvalue weighted by atomic mass is 16.5. The molecule has 0 saturated heterocycles. The van der Waals surface area contributed by atoms with Gasteiger partial charge in [0.2, 0.25) is 0 Å². The van der Waals surface area contributed by atoms with Crippen molar-refractivity contribution in [1.29, 1.82) is 0 Å². The van der Waals surface area contributed by atoms with Crippen LogP contribution in [0.15, 0.2) is 97.1 Å². The number of aliphatic hydroxyl groups excluding tert-OH is 1. The molecule has 4 aromatic carbocycles. The first kappa shape index (κ1) is 34.1. The average Bonchev–Trinajstić information content (AvgIpc) is 3.04. The molecule has 0 unspecified atom stereocenters. The summed E-state index contributed by atoms with van der Waals surface area (Å²) in [5, 5.41) is 11.5. The summed E-state index contributed by atoms with van der Waals surface area (Å²) in [6, 6.07) is 32.4. The van der Waals surface area contributed by atoms with Crippen LogP contribution in [-0.4, -0.2) is 22.0 Å². The van der Waals surface area contributed by atoms with Gasteiger partial charge < -0.3 is 9.84 Å². The van der Waals surface area contributed by atoms with Crippen LogP contribution in [0.4, 0.5) is 0 Å². The maximum atomic E-state index is 14.2. The number of carbonyl (C=O) groups is 1. The first-order valence-electron chi connectivity index (χ1n) is 16.4. The van der Waals surface area contributed by atoms with Gasteiger partial charge in [0.25, 0.3) is 0 Å². The molecular formula is C41H51NO3. The van der Waals surface area contributed by atoms with E-state index in [9.17, 15) is 9.90 Å². The lowest BCUT2D eigenvalue weighted by Crippen LogP contribution is -2.40. The third kappa shape index (κ3) is 8.93. The summed E-state index contributed by atoms with van der Waals surface area (Å²) in [6.45, 7) is 16.5. The first-order valence-corrected chi connectivity index (χ1v) is 16.4. The van der Waals surface area contributed by atoms with Crippen LogP contribution in [0.2, 0.25) is 0 Å². The van der Waals surface area contributed by atoms with E-state index in [4.69, 9.17) is 4.74 Å². The van der Waals surface area contributed by atoms with E-state index in [0.29, 0.717) is 13.0 Å². The van der Waals surface area contributed by atoms with Crippen LogP contribution >= 0.6 is 0 Å². The third-order valence-corrected chi connectivity index (χ3v) is 9.40. The Bertz CT molecular complexity index is 1490. The second kappa shape index (κ2) is 16.0. The predicted molar refractivity (Wildman–Crippen MR) is 185 cm³/mol. The van der Waals surface area contributed by atoms with Gasteiger partial charge >= 0.3 is 5.97 Å².